The molecule has 0 unspecified atom stereocenters. The van der Waals surface area contributed by atoms with Crippen molar-refractivity contribution in [1.29, 1.82) is 0 Å². The number of nitrogens with zero attached hydrogens (tertiary/aromatic N) is 2. The van der Waals surface area contributed by atoms with Crippen LogP contribution in [0.4, 0.5) is 0 Å². The molecular weight excluding hydrogens is 248 g/mol. The molecule has 0 fully saturated rings. The number of Topliss-reactive ketones (excluding diaryl/α,β-unsaturated/α-hetero) is 1. The van der Waals surface area contributed by atoms with E-state index in [4.69, 9.17) is 0 Å². The van der Waals surface area contributed by atoms with E-state index in [9.17, 15) is 4.79 Å². The fourth-order valence-corrected chi connectivity index (χ4v) is 2.31. The fraction of sp³-hybridized carbons (Fsp3) is 0.118. The molecule has 0 saturated carbocycles. The van der Waals surface area contributed by atoms with Crippen LogP contribution in [0.1, 0.15) is 11.1 Å². The zero-order valence-electron chi connectivity index (χ0n) is 11.0. The van der Waals surface area contributed by atoms with E-state index in [0.717, 1.165) is 22.0 Å². The summed E-state index contributed by atoms with van der Waals surface area (Å²) in [7, 11) is 0. The van der Waals surface area contributed by atoms with Gasteiger partial charge in [-0.3, -0.25) is 14.8 Å². The lowest BCUT2D eigenvalue weighted by molar-refractivity contribution is -0.117. The van der Waals surface area contributed by atoms with E-state index in [1.165, 1.54) is 0 Å². The number of benzene rings is 1. The monoisotopic (exact) mass is 262 g/mol. The summed E-state index contributed by atoms with van der Waals surface area (Å²) in [5.74, 6) is 0.189. The molecule has 3 nitrogen and oxygen atoms in total. The maximum Gasteiger partial charge on any atom is 0.141 e. The molecule has 2 heterocycles. The fourth-order valence-electron chi connectivity index (χ4n) is 2.31. The molecule has 98 valence electrons. The molecule has 0 amide bonds. The summed E-state index contributed by atoms with van der Waals surface area (Å²) in [6, 6.07) is 13.6. The minimum atomic E-state index is 0.189. The maximum atomic E-state index is 12.2. The van der Waals surface area contributed by atoms with Crippen LogP contribution in [0.15, 0.2) is 61.1 Å². The van der Waals surface area contributed by atoms with Gasteiger partial charge in [0.05, 0.1) is 5.52 Å². The summed E-state index contributed by atoms with van der Waals surface area (Å²) < 4.78 is 0. The number of aromatic nitrogens is 2. The van der Waals surface area contributed by atoms with E-state index in [2.05, 4.69) is 9.97 Å². The third-order valence-electron chi connectivity index (χ3n) is 3.25. The second-order valence-corrected chi connectivity index (χ2v) is 4.74. The molecule has 0 spiro atoms. The number of fused-ring (bicyclic) bond motifs is 1. The number of carbonyl (C=O) groups is 1. The lowest BCUT2D eigenvalue weighted by atomic mass is 10.0. The summed E-state index contributed by atoms with van der Waals surface area (Å²) in [6.07, 6.45) is 6.06. The van der Waals surface area contributed by atoms with Gasteiger partial charge in [-0.05, 0) is 29.3 Å². The van der Waals surface area contributed by atoms with E-state index in [1.54, 1.807) is 18.6 Å². The number of hydrogen-bond acceptors (Lipinski definition) is 3. The van der Waals surface area contributed by atoms with Gasteiger partial charge in [-0.15, -0.1) is 0 Å². The number of pyridine rings is 2. The predicted octanol–water partition coefficient (Wildman–Crippen LogP) is 2.98. The van der Waals surface area contributed by atoms with E-state index < -0.39 is 0 Å². The van der Waals surface area contributed by atoms with Crippen LogP contribution in [0.5, 0.6) is 0 Å². The second-order valence-electron chi connectivity index (χ2n) is 4.74. The zero-order chi connectivity index (χ0) is 13.8. The minimum Gasteiger partial charge on any atom is -0.299 e. The van der Waals surface area contributed by atoms with Gasteiger partial charge in [0.1, 0.15) is 5.78 Å². The third-order valence-corrected chi connectivity index (χ3v) is 3.25. The molecular formula is C17H14N2O. The molecule has 0 aliphatic heterocycles. The van der Waals surface area contributed by atoms with Gasteiger partial charge in [0.25, 0.3) is 0 Å². The largest absolute Gasteiger partial charge is 0.299 e. The number of rotatable bonds is 4. The Morgan fingerprint density at radius 2 is 1.85 bits per heavy atom. The van der Waals surface area contributed by atoms with Crippen molar-refractivity contribution < 1.29 is 4.79 Å². The molecule has 20 heavy (non-hydrogen) atoms. The third kappa shape index (κ3) is 2.72. The predicted molar refractivity (Wildman–Crippen MR) is 78.4 cm³/mol. The van der Waals surface area contributed by atoms with E-state index >= 15 is 0 Å². The van der Waals surface area contributed by atoms with Crippen LogP contribution in [0.3, 0.4) is 0 Å². The smallest absolute Gasteiger partial charge is 0.141 e. The van der Waals surface area contributed by atoms with Crippen molar-refractivity contribution in [3.63, 3.8) is 0 Å². The Hall–Kier alpha value is -2.55. The summed E-state index contributed by atoms with van der Waals surface area (Å²) in [5, 5.41) is 1.05. The van der Waals surface area contributed by atoms with E-state index in [1.807, 2.05) is 42.5 Å². The molecule has 0 N–H and O–H groups in total. The molecule has 0 atom stereocenters. The van der Waals surface area contributed by atoms with Crippen molar-refractivity contribution in [2.45, 2.75) is 12.8 Å². The van der Waals surface area contributed by atoms with Gasteiger partial charge < -0.3 is 0 Å². The first-order valence-electron chi connectivity index (χ1n) is 6.56. The highest BCUT2D eigenvalue weighted by Crippen LogP contribution is 2.17. The Balaban J connectivity index is 1.81. The SMILES string of the molecule is O=C(Cc1cccnc1)Cc1ccnc2ccccc12. The van der Waals surface area contributed by atoms with Crippen LogP contribution in [0.2, 0.25) is 0 Å². The van der Waals surface area contributed by atoms with Crippen molar-refractivity contribution in [2.24, 2.45) is 0 Å². The average Bonchev–Trinajstić information content (AvgIpc) is 2.48. The van der Waals surface area contributed by atoms with Gasteiger partial charge >= 0.3 is 0 Å². The van der Waals surface area contributed by atoms with Crippen LogP contribution >= 0.6 is 0 Å². The Morgan fingerprint density at radius 1 is 0.950 bits per heavy atom. The van der Waals surface area contributed by atoms with Gasteiger partial charge in [-0.2, -0.15) is 0 Å². The van der Waals surface area contributed by atoms with Crippen molar-refractivity contribution in [3.8, 4) is 0 Å². The maximum absolute atomic E-state index is 12.2. The molecule has 0 saturated heterocycles. The van der Waals surface area contributed by atoms with Gasteiger partial charge in [0.15, 0.2) is 0 Å². The van der Waals surface area contributed by atoms with E-state index in [0.29, 0.717) is 12.8 Å². The standard InChI is InChI=1S/C17H14N2O/c20-15(10-13-4-3-8-18-12-13)11-14-7-9-19-17-6-2-1-5-16(14)17/h1-9,12H,10-11H2. The number of carbonyl (C=O) groups excluding carboxylic acids is 1. The lowest BCUT2D eigenvalue weighted by Crippen LogP contribution is -2.07. The zero-order valence-corrected chi connectivity index (χ0v) is 11.0. The molecule has 0 aliphatic carbocycles. The highest BCUT2D eigenvalue weighted by Gasteiger charge is 2.08. The Kier molecular flexibility index (Phi) is 3.50. The van der Waals surface area contributed by atoms with Crippen molar-refractivity contribution in [3.05, 3.63) is 72.2 Å². The Morgan fingerprint density at radius 3 is 2.70 bits per heavy atom. The van der Waals surface area contributed by atoms with Crippen molar-refractivity contribution in [1.82, 2.24) is 9.97 Å². The van der Waals surface area contributed by atoms with Crippen LogP contribution in [-0.2, 0) is 17.6 Å². The van der Waals surface area contributed by atoms with Gasteiger partial charge in [-0.25, -0.2) is 0 Å². The Bertz CT molecular complexity index is 733. The van der Waals surface area contributed by atoms with Gasteiger partial charge in [0, 0.05) is 36.8 Å². The molecule has 1 aromatic carbocycles. The summed E-state index contributed by atoms with van der Waals surface area (Å²) in [5.41, 5.74) is 2.92. The summed E-state index contributed by atoms with van der Waals surface area (Å²) >= 11 is 0. The molecule has 3 heteroatoms. The minimum absolute atomic E-state index is 0.189. The first-order valence-corrected chi connectivity index (χ1v) is 6.56. The topological polar surface area (TPSA) is 42.9 Å². The first kappa shape index (κ1) is 12.5. The second kappa shape index (κ2) is 5.61. The quantitative estimate of drug-likeness (QED) is 0.726. The molecule has 3 aromatic rings. The Labute approximate surface area is 117 Å². The van der Waals surface area contributed by atoms with Gasteiger partial charge in [-0.1, -0.05) is 24.3 Å². The highest BCUT2D eigenvalue weighted by molar-refractivity contribution is 5.89. The molecule has 0 aliphatic rings. The van der Waals surface area contributed by atoms with Crippen LogP contribution in [0, 0.1) is 0 Å². The van der Waals surface area contributed by atoms with Crippen LogP contribution in [-0.4, -0.2) is 15.8 Å². The highest BCUT2D eigenvalue weighted by atomic mass is 16.1. The molecule has 2 aromatic heterocycles. The normalized spacial score (nSPS) is 10.6. The lowest BCUT2D eigenvalue weighted by Gasteiger charge is -2.05. The van der Waals surface area contributed by atoms with E-state index in [-0.39, 0.29) is 5.78 Å². The van der Waals surface area contributed by atoms with Crippen molar-refractivity contribution in [2.75, 3.05) is 0 Å². The number of hydrogen-bond donors (Lipinski definition) is 0. The average molecular weight is 262 g/mol. The van der Waals surface area contributed by atoms with Crippen LogP contribution < -0.4 is 0 Å². The number of ketones is 1. The molecule has 0 bridgehead atoms. The molecule has 0 radical (unpaired) electrons. The summed E-state index contributed by atoms with van der Waals surface area (Å²) in [6.45, 7) is 0. The van der Waals surface area contributed by atoms with Crippen LogP contribution in [0.25, 0.3) is 10.9 Å². The van der Waals surface area contributed by atoms with Gasteiger partial charge in [0.2, 0.25) is 0 Å². The number of para-hydroxylation sites is 1. The van der Waals surface area contributed by atoms with Crippen molar-refractivity contribution >= 4 is 16.7 Å². The first-order chi connectivity index (χ1) is 9.83. The summed E-state index contributed by atoms with van der Waals surface area (Å²) in [4.78, 5) is 20.5. The molecule has 3 rings (SSSR count).